The molecule has 4 heteroatoms. The normalized spacial score (nSPS) is 23.4. The molecule has 2 atom stereocenters. The van der Waals surface area contributed by atoms with Gasteiger partial charge in [-0.25, -0.2) is 0 Å². The van der Waals surface area contributed by atoms with Crippen molar-refractivity contribution in [3.63, 3.8) is 0 Å². The molecule has 1 aliphatic carbocycles. The van der Waals surface area contributed by atoms with E-state index in [1.807, 2.05) is 12.1 Å². The summed E-state index contributed by atoms with van der Waals surface area (Å²) in [6.07, 6.45) is 6.36. The van der Waals surface area contributed by atoms with Crippen molar-refractivity contribution in [1.29, 1.82) is 0 Å². The van der Waals surface area contributed by atoms with E-state index in [2.05, 4.69) is 5.32 Å². The quantitative estimate of drug-likeness (QED) is 0.824. The van der Waals surface area contributed by atoms with Crippen LogP contribution in [-0.2, 0) is 4.79 Å². The Labute approximate surface area is 112 Å². The van der Waals surface area contributed by atoms with Crippen molar-refractivity contribution in [1.82, 2.24) is 5.32 Å². The molecule has 1 aromatic rings. The monoisotopic (exact) mass is 264 g/mol. The third kappa shape index (κ3) is 3.59. The molecule has 0 aromatic heterocycles. The van der Waals surface area contributed by atoms with Crippen LogP contribution in [0.2, 0.25) is 5.02 Å². The Morgan fingerprint density at radius 2 is 2.06 bits per heavy atom. The van der Waals surface area contributed by atoms with Gasteiger partial charge in [0.05, 0.1) is 0 Å². The van der Waals surface area contributed by atoms with Gasteiger partial charge in [-0.2, -0.15) is 0 Å². The van der Waals surface area contributed by atoms with Crippen LogP contribution in [0.15, 0.2) is 30.3 Å². The molecule has 1 aliphatic rings. The van der Waals surface area contributed by atoms with Crippen LogP contribution in [0.1, 0.15) is 24.8 Å². The molecular formula is C14H17ClN2O. The Morgan fingerprint density at radius 3 is 2.67 bits per heavy atom. The number of carbonyl (C=O) groups is 1. The fourth-order valence-electron chi connectivity index (χ4n) is 2.14. The summed E-state index contributed by atoms with van der Waals surface area (Å²) < 4.78 is 0. The van der Waals surface area contributed by atoms with E-state index in [0.717, 1.165) is 24.8 Å². The van der Waals surface area contributed by atoms with Gasteiger partial charge in [0.15, 0.2) is 0 Å². The zero-order valence-electron chi connectivity index (χ0n) is 10.1. The fraction of sp³-hybridized carbons (Fsp3) is 0.357. The van der Waals surface area contributed by atoms with Crippen LogP contribution in [0.5, 0.6) is 0 Å². The highest BCUT2D eigenvalue weighted by atomic mass is 35.5. The predicted octanol–water partition coefficient (Wildman–Crippen LogP) is 2.35. The Balaban J connectivity index is 1.88. The average molecular weight is 265 g/mol. The Bertz CT molecular complexity index is 442. The summed E-state index contributed by atoms with van der Waals surface area (Å²) in [6, 6.07) is 7.55. The average Bonchev–Trinajstić information content (AvgIpc) is 2.74. The van der Waals surface area contributed by atoms with Gasteiger partial charge < -0.3 is 11.1 Å². The van der Waals surface area contributed by atoms with Gasteiger partial charge in [-0.15, -0.1) is 0 Å². The van der Waals surface area contributed by atoms with Gasteiger partial charge in [0, 0.05) is 23.2 Å². The molecule has 96 valence electrons. The van der Waals surface area contributed by atoms with Crippen molar-refractivity contribution in [2.45, 2.75) is 31.3 Å². The van der Waals surface area contributed by atoms with Crippen LogP contribution >= 0.6 is 11.6 Å². The first kappa shape index (κ1) is 13.1. The van der Waals surface area contributed by atoms with Crippen molar-refractivity contribution in [2.75, 3.05) is 0 Å². The van der Waals surface area contributed by atoms with E-state index < -0.39 is 0 Å². The van der Waals surface area contributed by atoms with Gasteiger partial charge in [0.1, 0.15) is 0 Å². The van der Waals surface area contributed by atoms with Gasteiger partial charge in [0.25, 0.3) is 0 Å². The highest BCUT2D eigenvalue weighted by Crippen LogP contribution is 2.17. The van der Waals surface area contributed by atoms with Crippen molar-refractivity contribution >= 4 is 23.6 Å². The highest BCUT2D eigenvalue weighted by molar-refractivity contribution is 6.30. The first-order valence-electron chi connectivity index (χ1n) is 6.15. The summed E-state index contributed by atoms with van der Waals surface area (Å²) in [7, 11) is 0. The van der Waals surface area contributed by atoms with Gasteiger partial charge in [-0.1, -0.05) is 23.7 Å². The van der Waals surface area contributed by atoms with E-state index in [9.17, 15) is 4.79 Å². The molecule has 0 bridgehead atoms. The summed E-state index contributed by atoms with van der Waals surface area (Å²) >= 11 is 5.79. The van der Waals surface area contributed by atoms with Crippen molar-refractivity contribution < 1.29 is 4.79 Å². The molecule has 1 aromatic carbocycles. The van der Waals surface area contributed by atoms with E-state index in [1.54, 1.807) is 18.2 Å². The smallest absolute Gasteiger partial charge is 0.244 e. The SMILES string of the molecule is NC1CCCC1NC(=O)/C=C/c1ccc(Cl)cc1. The minimum absolute atomic E-state index is 0.0905. The molecule has 0 saturated heterocycles. The first-order valence-corrected chi connectivity index (χ1v) is 6.52. The predicted molar refractivity (Wildman–Crippen MR) is 74.2 cm³/mol. The largest absolute Gasteiger partial charge is 0.348 e. The summed E-state index contributed by atoms with van der Waals surface area (Å²) in [5.41, 5.74) is 6.85. The number of carbonyl (C=O) groups excluding carboxylic acids is 1. The maximum absolute atomic E-state index is 11.7. The molecule has 1 saturated carbocycles. The lowest BCUT2D eigenvalue weighted by atomic mass is 10.2. The molecule has 1 fully saturated rings. The number of halogens is 1. The van der Waals surface area contributed by atoms with E-state index >= 15 is 0 Å². The molecule has 2 unspecified atom stereocenters. The number of nitrogens with one attached hydrogen (secondary N) is 1. The Hall–Kier alpha value is -1.32. The molecule has 3 N–H and O–H groups in total. The number of rotatable bonds is 3. The maximum atomic E-state index is 11.7. The molecule has 0 radical (unpaired) electrons. The Kier molecular flexibility index (Phi) is 4.39. The maximum Gasteiger partial charge on any atom is 0.244 e. The van der Waals surface area contributed by atoms with Crippen LogP contribution in [0, 0.1) is 0 Å². The second-order valence-corrected chi connectivity index (χ2v) is 5.03. The third-order valence-electron chi connectivity index (χ3n) is 3.19. The summed E-state index contributed by atoms with van der Waals surface area (Å²) in [5, 5.41) is 3.62. The minimum Gasteiger partial charge on any atom is -0.348 e. The van der Waals surface area contributed by atoms with E-state index in [4.69, 9.17) is 17.3 Å². The van der Waals surface area contributed by atoms with E-state index in [1.165, 1.54) is 6.08 Å². The molecular weight excluding hydrogens is 248 g/mol. The summed E-state index contributed by atoms with van der Waals surface area (Å²) in [5.74, 6) is -0.0905. The second-order valence-electron chi connectivity index (χ2n) is 4.59. The minimum atomic E-state index is -0.0905. The Morgan fingerprint density at radius 1 is 1.33 bits per heavy atom. The number of hydrogen-bond acceptors (Lipinski definition) is 2. The number of hydrogen-bond donors (Lipinski definition) is 2. The van der Waals surface area contributed by atoms with E-state index in [0.29, 0.717) is 5.02 Å². The molecule has 0 aliphatic heterocycles. The van der Waals surface area contributed by atoms with Crippen molar-refractivity contribution in [3.05, 3.63) is 40.9 Å². The van der Waals surface area contributed by atoms with Crippen LogP contribution in [0.25, 0.3) is 6.08 Å². The lowest BCUT2D eigenvalue weighted by Crippen LogP contribution is -2.43. The molecule has 2 rings (SSSR count). The lowest BCUT2D eigenvalue weighted by Gasteiger charge is -2.15. The van der Waals surface area contributed by atoms with Gasteiger partial charge in [0.2, 0.25) is 5.91 Å². The summed E-state index contributed by atoms with van der Waals surface area (Å²) in [4.78, 5) is 11.7. The zero-order chi connectivity index (χ0) is 13.0. The number of amides is 1. The molecule has 1 amide bonds. The summed E-state index contributed by atoms with van der Waals surface area (Å²) in [6.45, 7) is 0. The molecule has 18 heavy (non-hydrogen) atoms. The topological polar surface area (TPSA) is 55.1 Å². The van der Waals surface area contributed by atoms with Gasteiger partial charge in [-0.3, -0.25) is 4.79 Å². The molecule has 0 spiro atoms. The fourth-order valence-corrected chi connectivity index (χ4v) is 2.27. The lowest BCUT2D eigenvalue weighted by molar-refractivity contribution is -0.117. The number of nitrogens with two attached hydrogens (primary N) is 1. The number of benzene rings is 1. The van der Waals surface area contributed by atoms with Crippen molar-refractivity contribution in [3.8, 4) is 0 Å². The van der Waals surface area contributed by atoms with Crippen LogP contribution in [0.4, 0.5) is 0 Å². The standard InChI is InChI=1S/C14H17ClN2O/c15-11-7-4-10(5-8-11)6-9-14(18)17-13-3-1-2-12(13)16/h4-9,12-13H,1-3,16H2,(H,17,18)/b9-6+. The molecule has 3 nitrogen and oxygen atoms in total. The van der Waals surface area contributed by atoms with E-state index in [-0.39, 0.29) is 18.0 Å². The molecule has 0 heterocycles. The third-order valence-corrected chi connectivity index (χ3v) is 3.45. The first-order chi connectivity index (χ1) is 8.65. The van der Waals surface area contributed by atoms with Gasteiger partial charge in [-0.05, 0) is 43.0 Å². The van der Waals surface area contributed by atoms with Crippen LogP contribution < -0.4 is 11.1 Å². The van der Waals surface area contributed by atoms with Crippen molar-refractivity contribution in [2.24, 2.45) is 5.73 Å². The second kappa shape index (κ2) is 6.03. The van der Waals surface area contributed by atoms with Gasteiger partial charge >= 0.3 is 0 Å². The zero-order valence-corrected chi connectivity index (χ0v) is 10.9. The van der Waals surface area contributed by atoms with Crippen LogP contribution in [-0.4, -0.2) is 18.0 Å². The van der Waals surface area contributed by atoms with Crippen LogP contribution in [0.3, 0.4) is 0 Å². The highest BCUT2D eigenvalue weighted by Gasteiger charge is 2.24.